The van der Waals surface area contributed by atoms with Gasteiger partial charge in [-0.25, -0.2) is 0 Å². The smallest absolute Gasteiger partial charge is 0.00229 e. The third-order valence-electron chi connectivity index (χ3n) is 4.89. The van der Waals surface area contributed by atoms with Crippen molar-refractivity contribution in [2.75, 3.05) is 13.1 Å². The minimum absolute atomic E-state index is 0.697. The van der Waals surface area contributed by atoms with Crippen molar-refractivity contribution < 1.29 is 0 Å². The standard InChI is InChI=1S/C20H33N/c1-16(2)14-21-15-20(18-8-6-4-5-7-9-18)19-12-10-17(3)11-13-19/h10-13,16,18,20-21H,4-9,14-15H2,1-3H3. The lowest BCUT2D eigenvalue weighted by Gasteiger charge is -2.27. The van der Waals surface area contributed by atoms with Gasteiger partial charge in [0.15, 0.2) is 0 Å². The van der Waals surface area contributed by atoms with Crippen LogP contribution in [0.25, 0.3) is 0 Å². The Balaban J connectivity index is 2.06. The van der Waals surface area contributed by atoms with E-state index in [0.29, 0.717) is 5.92 Å². The predicted molar refractivity (Wildman–Crippen MR) is 92.8 cm³/mol. The van der Waals surface area contributed by atoms with Gasteiger partial charge >= 0.3 is 0 Å². The summed E-state index contributed by atoms with van der Waals surface area (Å²) in [6.45, 7) is 9.04. The number of aryl methyl sites for hydroxylation is 1. The topological polar surface area (TPSA) is 12.0 Å². The van der Waals surface area contributed by atoms with E-state index >= 15 is 0 Å². The fourth-order valence-electron chi connectivity index (χ4n) is 3.61. The Kier molecular flexibility index (Phi) is 6.76. The molecule has 1 unspecified atom stereocenters. The molecule has 1 fully saturated rings. The normalized spacial score (nSPS) is 18.7. The first-order chi connectivity index (χ1) is 10.2. The SMILES string of the molecule is Cc1ccc(C(CNCC(C)C)C2CCCCCC2)cc1. The molecule has 118 valence electrons. The summed E-state index contributed by atoms with van der Waals surface area (Å²) < 4.78 is 0. The summed E-state index contributed by atoms with van der Waals surface area (Å²) in [7, 11) is 0. The van der Waals surface area contributed by atoms with Crippen LogP contribution in [0.2, 0.25) is 0 Å². The quantitative estimate of drug-likeness (QED) is 0.701. The van der Waals surface area contributed by atoms with Crippen LogP contribution in [0.4, 0.5) is 0 Å². The van der Waals surface area contributed by atoms with Crippen LogP contribution in [0.3, 0.4) is 0 Å². The average Bonchev–Trinajstić information content (AvgIpc) is 2.73. The maximum Gasteiger partial charge on any atom is 0.00229 e. The lowest BCUT2D eigenvalue weighted by atomic mass is 9.81. The van der Waals surface area contributed by atoms with Crippen molar-refractivity contribution in [1.29, 1.82) is 0 Å². The van der Waals surface area contributed by atoms with Crippen molar-refractivity contribution in [3.63, 3.8) is 0 Å². The molecule has 1 aliphatic carbocycles. The van der Waals surface area contributed by atoms with E-state index in [0.717, 1.165) is 24.9 Å². The molecule has 1 atom stereocenters. The Morgan fingerprint density at radius 3 is 2.14 bits per heavy atom. The Hall–Kier alpha value is -0.820. The summed E-state index contributed by atoms with van der Waals surface area (Å²) in [6, 6.07) is 9.28. The van der Waals surface area contributed by atoms with E-state index in [9.17, 15) is 0 Å². The molecule has 1 aromatic carbocycles. The molecule has 0 amide bonds. The molecular weight excluding hydrogens is 254 g/mol. The van der Waals surface area contributed by atoms with Gasteiger partial charge in [0.05, 0.1) is 0 Å². The molecule has 0 aliphatic heterocycles. The molecule has 2 rings (SSSR count). The summed E-state index contributed by atoms with van der Waals surface area (Å²) in [6.07, 6.45) is 8.57. The van der Waals surface area contributed by atoms with Crippen LogP contribution in [0.1, 0.15) is 69.4 Å². The molecule has 0 spiro atoms. The second kappa shape index (κ2) is 8.58. The average molecular weight is 287 g/mol. The summed E-state index contributed by atoms with van der Waals surface area (Å²) in [5.41, 5.74) is 2.91. The molecular formula is C20H33N. The molecule has 1 nitrogen and oxygen atoms in total. The first-order valence-corrected chi connectivity index (χ1v) is 8.94. The van der Waals surface area contributed by atoms with Crippen LogP contribution >= 0.6 is 0 Å². The molecule has 0 bridgehead atoms. The van der Waals surface area contributed by atoms with Gasteiger partial charge in [0.1, 0.15) is 0 Å². The van der Waals surface area contributed by atoms with Gasteiger partial charge in [-0.05, 0) is 49.6 Å². The van der Waals surface area contributed by atoms with Gasteiger partial charge in [-0.2, -0.15) is 0 Å². The van der Waals surface area contributed by atoms with Crippen molar-refractivity contribution in [3.05, 3.63) is 35.4 Å². The molecule has 1 aromatic rings. The molecule has 1 N–H and O–H groups in total. The highest BCUT2D eigenvalue weighted by Gasteiger charge is 2.24. The monoisotopic (exact) mass is 287 g/mol. The third kappa shape index (κ3) is 5.47. The van der Waals surface area contributed by atoms with Gasteiger partial charge in [-0.3, -0.25) is 0 Å². The highest BCUT2D eigenvalue weighted by molar-refractivity contribution is 5.25. The van der Waals surface area contributed by atoms with Crippen molar-refractivity contribution in [1.82, 2.24) is 5.32 Å². The Morgan fingerprint density at radius 1 is 0.952 bits per heavy atom. The van der Waals surface area contributed by atoms with Gasteiger partial charge < -0.3 is 5.32 Å². The zero-order chi connectivity index (χ0) is 15.1. The van der Waals surface area contributed by atoms with Gasteiger partial charge in [-0.15, -0.1) is 0 Å². The summed E-state index contributed by atoms with van der Waals surface area (Å²) in [4.78, 5) is 0. The number of benzene rings is 1. The first kappa shape index (κ1) is 16.5. The highest BCUT2D eigenvalue weighted by atomic mass is 14.9. The Morgan fingerprint density at radius 2 is 1.57 bits per heavy atom. The number of hydrogen-bond acceptors (Lipinski definition) is 1. The van der Waals surface area contributed by atoms with Gasteiger partial charge in [0.2, 0.25) is 0 Å². The third-order valence-corrected chi connectivity index (χ3v) is 4.89. The van der Waals surface area contributed by atoms with Crippen LogP contribution in [-0.4, -0.2) is 13.1 Å². The van der Waals surface area contributed by atoms with E-state index < -0.39 is 0 Å². The number of hydrogen-bond donors (Lipinski definition) is 1. The molecule has 0 saturated heterocycles. The zero-order valence-electron chi connectivity index (χ0n) is 14.2. The van der Waals surface area contributed by atoms with Gasteiger partial charge in [0.25, 0.3) is 0 Å². The molecule has 0 aromatic heterocycles. The van der Waals surface area contributed by atoms with Crippen LogP contribution < -0.4 is 5.32 Å². The van der Waals surface area contributed by atoms with Gasteiger partial charge in [-0.1, -0.05) is 69.4 Å². The predicted octanol–water partition coefficient (Wildman–Crippen LogP) is 5.29. The minimum atomic E-state index is 0.697. The molecule has 1 heteroatoms. The zero-order valence-corrected chi connectivity index (χ0v) is 14.2. The van der Waals surface area contributed by atoms with Crippen molar-refractivity contribution >= 4 is 0 Å². The minimum Gasteiger partial charge on any atom is -0.316 e. The lowest BCUT2D eigenvalue weighted by molar-refractivity contribution is 0.355. The van der Waals surface area contributed by atoms with E-state index in [1.165, 1.54) is 44.1 Å². The van der Waals surface area contributed by atoms with E-state index in [1.54, 1.807) is 5.56 Å². The van der Waals surface area contributed by atoms with E-state index in [2.05, 4.69) is 50.4 Å². The van der Waals surface area contributed by atoms with Crippen molar-refractivity contribution in [2.45, 2.75) is 65.2 Å². The molecule has 1 saturated carbocycles. The second-order valence-electron chi connectivity index (χ2n) is 7.32. The molecule has 1 aliphatic rings. The Labute approximate surface area is 131 Å². The maximum absolute atomic E-state index is 3.72. The van der Waals surface area contributed by atoms with Crippen LogP contribution in [-0.2, 0) is 0 Å². The van der Waals surface area contributed by atoms with E-state index in [1.807, 2.05) is 0 Å². The van der Waals surface area contributed by atoms with Gasteiger partial charge in [0, 0.05) is 6.54 Å². The molecule has 0 radical (unpaired) electrons. The second-order valence-corrected chi connectivity index (χ2v) is 7.32. The summed E-state index contributed by atoms with van der Waals surface area (Å²) in [5, 5.41) is 3.72. The van der Waals surface area contributed by atoms with Crippen LogP contribution in [0, 0.1) is 18.8 Å². The number of nitrogens with one attached hydrogen (secondary N) is 1. The summed E-state index contributed by atoms with van der Waals surface area (Å²) in [5.74, 6) is 2.30. The highest BCUT2D eigenvalue weighted by Crippen LogP contribution is 2.35. The van der Waals surface area contributed by atoms with E-state index in [4.69, 9.17) is 0 Å². The van der Waals surface area contributed by atoms with Crippen LogP contribution in [0.15, 0.2) is 24.3 Å². The molecule has 0 heterocycles. The number of rotatable bonds is 6. The molecule has 21 heavy (non-hydrogen) atoms. The maximum atomic E-state index is 3.72. The lowest BCUT2D eigenvalue weighted by Crippen LogP contribution is -2.29. The Bertz CT molecular complexity index is 385. The fraction of sp³-hybridized carbons (Fsp3) is 0.700. The van der Waals surface area contributed by atoms with Crippen molar-refractivity contribution in [2.24, 2.45) is 11.8 Å². The fourth-order valence-corrected chi connectivity index (χ4v) is 3.61. The first-order valence-electron chi connectivity index (χ1n) is 8.94. The van der Waals surface area contributed by atoms with Crippen LogP contribution in [0.5, 0.6) is 0 Å². The largest absolute Gasteiger partial charge is 0.316 e. The van der Waals surface area contributed by atoms with E-state index in [-0.39, 0.29) is 0 Å². The summed E-state index contributed by atoms with van der Waals surface area (Å²) >= 11 is 0. The van der Waals surface area contributed by atoms with Crippen molar-refractivity contribution in [3.8, 4) is 0 Å².